The van der Waals surface area contributed by atoms with Crippen molar-refractivity contribution in [3.05, 3.63) is 24.3 Å². The van der Waals surface area contributed by atoms with Crippen molar-refractivity contribution in [1.82, 2.24) is 29.3 Å². The number of H-pyrrole nitrogens is 1. The minimum atomic E-state index is -3.37. The Bertz CT molecular complexity index is 1110. The largest absolute Gasteiger partial charge is 0.377 e. The Labute approximate surface area is 175 Å². The van der Waals surface area contributed by atoms with Crippen molar-refractivity contribution in [3.8, 4) is 0 Å². The molecule has 3 aromatic heterocycles. The van der Waals surface area contributed by atoms with E-state index in [1.54, 1.807) is 6.20 Å². The number of aromatic nitrogens is 5. The molecular formula is C17H21IN6O3S. The molecule has 0 aromatic carbocycles. The first kappa shape index (κ1) is 18.7. The van der Waals surface area contributed by atoms with Gasteiger partial charge in [0.1, 0.15) is 5.82 Å². The van der Waals surface area contributed by atoms with E-state index in [4.69, 9.17) is 4.74 Å². The molecule has 1 aliphatic heterocycles. The Kier molecular flexibility index (Phi) is 4.80. The Balaban J connectivity index is 1.37. The molecule has 4 heterocycles. The maximum absolute atomic E-state index is 12.6. The molecule has 4 atom stereocenters. The van der Waals surface area contributed by atoms with Gasteiger partial charge in [0.05, 0.1) is 23.6 Å². The number of halogens is 1. The molecule has 2 N–H and O–H groups in total. The van der Waals surface area contributed by atoms with Gasteiger partial charge in [0, 0.05) is 28.7 Å². The van der Waals surface area contributed by atoms with Crippen molar-refractivity contribution in [2.45, 2.75) is 47.7 Å². The van der Waals surface area contributed by atoms with E-state index in [9.17, 15) is 8.42 Å². The summed E-state index contributed by atoms with van der Waals surface area (Å²) in [5.41, 5.74) is 2.42. The first-order valence-electron chi connectivity index (χ1n) is 9.43. The van der Waals surface area contributed by atoms with Crippen molar-refractivity contribution >= 4 is 49.4 Å². The maximum Gasteiger partial charge on any atom is 0.214 e. The van der Waals surface area contributed by atoms with Crippen molar-refractivity contribution in [2.24, 2.45) is 0 Å². The summed E-state index contributed by atoms with van der Waals surface area (Å²) in [4.78, 5) is 7.47. The number of hydrogen-bond acceptors (Lipinski definition) is 6. The minimum Gasteiger partial charge on any atom is -0.377 e. The Morgan fingerprint density at radius 1 is 1.36 bits per heavy atom. The van der Waals surface area contributed by atoms with Crippen LogP contribution in [-0.2, 0) is 14.8 Å². The number of ether oxygens (including phenoxy) is 1. The van der Waals surface area contributed by atoms with Gasteiger partial charge < -0.3 is 9.72 Å². The van der Waals surface area contributed by atoms with Crippen LogP contribution in [0, 0.1) is 0 Å². The van der Waals surface area contributed by atoms with Gasteiger partial charge in [-0.15, -0.1) is 10.2 Å². The standard InChI is InChI=1S/C17H21IN6O3S/c18-13-7-10(23-28(25,26)9-11-2-1-5-27-11)6-12(13)17-22-21-15-8-20-16-14(24(15)17)3-4-19-16/h3-4,8,10-13,19,23H,1-2,5-7,9H2/t10-,11?,12+,13-/m1/s1. The first-order valence-corrected chi connectivity index (χ1v) is 12.3. The van der Waals surface area contributed by atoms with E-state index < -0.39 is 10.0 Å². The molecular weight excluding hydrogens is 495 g/mol. The fraction of sp³-hybridized carbons (Fsp3) is 0.588. The molecule has 1 saturated heterocycles. The summed E-state index contributed by atoms with van der Waals surface area (Å²) >= 11 is 2.40. The molecule has 5 rings (SSSR count). The predicted octanol–water partition coefficient (Wildman–Crippen LogP) is 1.75. The number of alkyl halides is 1. The lowest BCUT2D eigenvalue weighted by molar-refractivity contribution is 0.127. The van der Waals surface area contributed by atoms with Crippen LogP contribution in [0.3, 0.4) is 0 Å². The summed E-state index contributed by atoms with van der Waals surface area (Å²) in [6.07, 6.45) is 6.59. The van der Waals surface area contributed by atoms with Crippen LogP contribution < -0.4 is 4.72 Å². The molecule has 2 aliphatic rings. The van der Waals surface area contributed by atoms with E-state index in [1.165, 1.54) is 0 Å². The van der Waals surface area contributed by atoms with Crippen molar-refractivity contribution in [1.29, 1.82) is 0 Å². The van der Waals surface area contributed by atoms with Gasteiger partial charge in [-0.1, -0.05) is 22.6 Å². The number of nitrogens with one attached hydrogen (secondary N) is 2. The Hall–Kier alpha value is -1.31. The Morgan fingerprint density at radius 2 is 2.25 bits per heavy atom. The van der Waals surface area contributed by atoms with Crippen LogP contribution in [0.1, 0.15) is 37.4 Å². The van der Waals surface area contributed by atoms with Gasteiger partial charge in [-0.3, -0.25) is 4.40 Å². The summed E-state index contributed by atoms with van der Waals surface area (Å²) in [5.74, 6) is 1.03. The Morgan fingerprint density at radius 3 is 3.07 bits per heavy atom. The lowest BCUT2D eigenvalue weighted by atomic mass is 10.1. The van der Waals surface area contributed by atoms with Gasteiger partial charge in [0.25, 0.3) is 0 Å². The average Bonchev–Trinajstić information content (AvgIpc) is 3.39. The third-order valence-electron chi connectivity index (χ3n) is 5.56. The highest BCUT2D eigenvalue weighted by atomic mass is 127. The van der Waals surface area contributed by atoms with Crippen LogP contribution in [0.5, 0.6) is 0 Å². The lowest BCUT2D eigenvalue weighted by Crippen LogP contribution is -2.38. The van der Waals surface area contributed by atoms with Crippen LogP contribution in [0.25, 0.3) is 16.8 Å². The SMILES string of the molecule is O=S(=O)(CC1CCCO1)N[C@H]1C[C@@H](I)[C@@H](c2nnc3cnc4[nH]ccc4n23)C1. The summed E-state index contributed by atoms with van der Waals surface area (Å²) in [6.45, 7) is 0.657. The summed E-state index contributed by atoms with van der Waals surface area (Å²) in [6, 6.07) is 1.86. The summed E-state index contributed by atoms with van der Waals surface area (Å²) < 4.78 is 35.8. The highest BCUT2D eigenvalue weighted by Crippen LogP contribution is 2.40. The normalized spacial score (nSPS) is 28.6. The predicted molar refractivity (Wildman–Crippen MR) is 112 cm³/mol. The van der Waals surface area contributed by atoms with Gasteiger partial charge in [-0.2, -0.15) is 0 Å². The van der Waals surface area contributed by atoms with Crippen molar-refractivity contribution in [3.63, 3.8) is 0 Å². The zero-order valence-electron chi connectivity index (χ0n) is 15.1. The van der Waals surface area contributed by atoms with Gasteiger partial charge in [-0.05, 0) is 31.7 Å². The molecule has 0 bridgehead atoms. The molecule has 3 aromatic rings. The number of nitrogens with zero attached hydrogens (tertiary/aromatic N) is 4. The van der Waals surface area contributed by atoms with E-state index >= 15 is 0 Å². The average molecular weight is 516 g/mol. The number of rotatable bonds is 5. The first-order chi connectivity index (χ1) is 13.5. The lowest BCUT2D eigenvalue weighted by Gasteiger charge is -2.15. The fourth-order valence-electron chi connectivity index (χ4n) is 4.31. The van der Waals surface area contributed by atoms with Crippen LogP contribution in [0.15, 0.2) is 18.5 Å². The van der Waals surface area contributed by atoms with Gasteiger partial charge >= 0.3 is 0 Å². The fourth-order valence-corrected chi connectivity index (χ4v) is 7.09. The number of hydrogen-bond donors (Lipinski definition) is 2. The quantitative estimate of drug-likeness (QED) is 0.395. The molecule has 0 amide bonds. The monoisotopic (exact) mass is 516 g/mol. The van der Waals surface area contributed by atoms with Crippen LogP contribution in [0.2, 0.25) is 0 Å². The third-order valence-corrected chi connectivity index (χ3v) is 8.44. The molecule has 9 nitrogen and oxygen atoms in total. The summed E-state index contributed by atoms with van der Waals surface area (Å²) in [7, 11) is -3.37. The zero-order valence-corrected chi connectivity index (χ0v) is 18.1. The number of aromatic amines is 1. The molecule has 2 fully saturated rings. The second kappa shape index (κ2) is 7.18. The van der Waals surface area contributed by atoms with Crippen LogP contribution in [0.4, 0.5) is 0 Å². The molecule has 28 heavy (non-hydrogen) atoms. The maximum atomic E-state index is 12.6. The molecule has 0 spiro atoms. The third kappa shape index (κ3) is 3.42. The second-order valence-corrected chi connectivity index (χ2v) is 10.9. The number of sulfonamides is 1. The smallest absolute Gasteiger partial charge is 0.214 e. The van der Waals surface area contributed by atoms with Crippen LogP contribution in [-0.4, -0.2) is 61.4 Å². The van der Waals surface area contributed by atoms with Gasteiger partial charge in [0.15, 0.2) is 11.3 Å². The van der Waals surface area contributed by atoms with Gasteiger partial charge in [0.2, 0.25) is 10.0 Å². The van der Waals surface area contributed by atoms with E-state index in [2.05, 4.69) is 47.5 Å². The molecule has 11 heteroatoms. The summed E-state index contributed by atoms with van der Waals surface area (Å²) in [5, 5.41) is 8.70. The molecule has 1 aliphatic carbocycles. The second-order valence-electron chi connectivity index (χ2n) is 7.55. The molecule has 150 valence electrons. The zero-order chi connectivity index (χ0) is 19.3. The molecule has 1 saturated carbocycles. The minimum absolute atomic E-state index is 0.0452. The van der Waals surface area contributed by atoms with E-state index in [0.717, 1.165) is 36.3 Å². The topological polar surface area (TPSA) is 114 Å². The highest BCUT2D eigenvalue weighted by Gasteiger charge is 2.39. The number of fused-ring (bicyclic) bond motifs is 3. The van der Waals surface area contributed by atoms with Gasteiger partial charge in [-0.25, -0.2) is 18.1 Å². The van der Waals surface area contributed by atoms with Crippen LogP contribution >= 0.6 is 22.6 Å². The van der Waals surface area contributed by atoms with E-state index in [-0.39, 0.29) is 27.7 Å². The van der Waals surface area contributed by atoms with Crippen molar-refractivity contribution < 1.29 is 13.2 Å². The molecule has 1 unspecified atom stereocenters. The molecule has 0 radical (unpaired) electrons. The van der Waals surface area contributed by atoms with Crippen molar-refractivity contribution in [2.75, 3.05) is 12.4 Å². The highest BCUT2D eigenvalue weighted by molar-refractivity contribution is 14.1. The van der Waals surface area contributed by atoms with E-state index in [0.29, 0.717) is 18.7 Å². The van der Waals surface area contributed by atoms with E-state index in [1.807, 2.05) is 16.7 Å².